The number of aliphatic carboxylic acids is 1. The molecule has 2 aromatic rings. The molecule has 0 spiro atoms. The highest BCUT2D eigenvalue weighted by molar-refractivity contribution is 5.99. The van der Waals surface area contributed by atoms with Crippen molar-refractivity contribution in [3.63, 3.8) is 0 Å². The second-order valence-electron chi connectivity index (χ2n) is 5.58. The third-order valence-corrected chi connectivity index (χ3v) is 4.23. The Hall–Kier alpha value is -2.30. The van der Waals surface area contributed by atoms with Crippen molar-refractivity contribution in [3.8, 4) is 0 Å². The van der Waals surface area contributed by atoms with Crippen molar-refractivity contribution in [3.05, 3.63) is 36.0 Å². The van der Waals surface area contributed by atoms with Crippen LogP contribution in [0.4, 0.5) is 0 Å². The highest BCUT2D eigenvalue weighted by Crippen LogP contribution is 2.23. The van der Waals surface area contributed by atoms with Crippen molar-refractivity contribution in [2.24, 2.45) is 13.0 Å². The molecular formula is C16H18N2O3. The van der Waals surface area contributed by atoms with E-state index in [1.165, 1.54) is 0 Å². The topological polar surface area (TPSA) is 62.5 Å². The summed E-state index contributed by atoms with van der Waals surface area (Å²) in [4.78, 5) is 25.5. The number of hydrogen-bond donors (Lipinski definition) is 1. The number of rotatable bonds is 2. The first-order chi connectivity index (χ1) is 10.1. The van der Waals surface area contributed by atoms with Crippen LogP contribution in [0.2, 0.25) is 0 Å². The number of carboxylic acids is 1. The van der Waals surface area contributed by atoms with Gasteiger partial charge in [-0.3, -0.25) is 9.59 Å². The molecule has 3 rings (SSSR count). The highest BCUT2D eigenvalue weighted by Gasteiger charge is 2.29. The fourth-order valence-corrected chi connectivity index (χ4v) is 3.02. The van der Waals surface area contributed by atoms with E-state index in [2.05, 4.69) is 0 Å². The third-order valence-electron chi connectivity index (χ3n) is 4.23. The Morgan fingerprint density at radius 1 is 1.29 bits per heavy atom. The van der Waals surface area contributed by atoms with Gasteiger partial charge in [-0.05, 0) is 25.0 Å². The Labute approximate surface area is 122 Å². The van der Waals surface area contributed by atoms with Crippen molar-refractivity contribution in [2.75, 3.05) is 13.1 Å². The molecule has 0 saturated carbocycles. The summed E-state index contributed by atoms with van der Waals surface area (Å²) in [6.45, 7) is 0.930. The molecule has 0 aliphatic carbocycles. The Bertz CT molecular complexity index is 705. The number of aryl methyl sites for hydroxylation is 1. The van der Waals surface area contributed by atoms with Crippen LogP contribution < -0.4 is 0 Å². The fraction of sp³-hybridized carbons (Fsp3) is 0.375. The van der Waals surface area contributed by atoms with Crippen molar-refractivity contribution in [1.82, 2.24) is 9.47 Å². The maximum atomic E-state index is 12.7. The first-order valence-electron chi connectivity index (χ1n) is 7.14. The van der Waals surface area contributed by atoms with Gasteiger partial charge in [0.15, 0.2) is 0 Å². The van der Waals surface area contributed by atoms with Crippen molar-refractivity contribution >= 4 is 22.8 Å². The zero-order valence-electron chi connectivity index (χ0n) is 12.0. The number of para-hydroxylation sites is 1. The van der Waals surface area contributed by atoms with Gasteiger partial charge in [0.25, 0.3) is 5.91 Å². The van der Waals surface area contributed by atoms with Gasteiger partial charge in [-0.1, -0.05) is 18.2 Å². The molecule has 5 heteroatoms. The van der Waals surface area contributed by atoms with Crippen LogP contribution in [0.3, 0.4) is 0 Å². The predicted octanol–water partition coefficient (Wildman–Crippen LogP) is 2.12. The van der Waals surface area contributed by atoms with Gasteiger partial charge < -0.3 is 14.6 Å². The van der Waals surface area contributed by atoms with E-state index in [0.717, 1.165) is 17.3 Å². The zero-order chi connectivity index (χ0) is 15.0. The van der Waals surface area contributed by atoms with Crippen LogP contribution >= 0.6 is 0 Å². The van der Waals surface area contributed by atoms with Gasteiger partial charge in [-0.25, -0.2) is 0 Å². The smallest absolute Gasteiger partial charge is 0.308 e. The minimum atomic E-state index is -0.815. The molecule has 2 heterocycles. The molecule has 1 fully saturated rings. The Morgan fingerprint density at radius 2 is 2.05 bits per heavy atom. The van der Waals surface area contributed by atoms with Crippen LogP contribution in [0.1, 0.15) is 23.3 Å². The number of likely N-dealkylation sites (tertiary alicyclic amines) is 1. The summed E-state index contributed by atoms with van der Waals surface area (Å²) in [5, 5.41) is 10.2. The number of piperidine rings is 1. The quantitative estimate of drug-likeness (QED) is 0.919. The van der Waals surface area contributed by atoms with Crippen LogP contribution in [0.25, 0.3) is 10.9 Å². The number of carboxylic acid groups (broad SMARTS) is 1. The number of hydrogen-bond acceptors (Lipinski definition) is 2. The second kappa shape index (κ2) is 5.24. The first-order valence-corrected chi connectivity index (χ1v) is 7.14. The summed E-state index contributed by atoms with van der Waals surface area (Å²) >= 11 is 0. The molecule has 0 bridgehead atoms. The minimum Gasteiger partial charge on any atom is -0.481 e. The molecule has 0 radical (unpaired) electrons. The predicted molar refractivity (Wildman–Crippen MR) is 79.2 cm³/mol. The molecule has 1 N–H and O–H groups in total. The number of carbonyl (C=O) groups excluding carboxylic acids is 1. The van der Waals surface area contributed by atoms with E-state index in [0.29, 0.717) is 25.2 Å². The van der Waals surface area contributed by atoms with E-state index in [1.54, 1.807) is 4.90 Å². The number of aromatic nitrogens is 1. The standard InChI is InChI=1S/C16H18N2O3/c1-17-13-7-3-2-5-11(13)9-14(17)15(19)18-8-4-6-12(10-18)16(20)21/h2-3,5,7,9,12H,4,6,8,10H2,1H3,(H,20,21). The summed E-state index contributed by atoms with van der Waals surface area (Å²) in [6, 6.07) is 9.71. The van der Waals surface area contributed by atoms with Gasteiger partial charge in [0.1, 0.15) is 5.69 Å². The van der Waals surface area contributed by atoms with Gasteiger partial charge in [0.05, 0.1) is 5.92 Å². The first kappa shape index (κ1) is 13.7. The second-order valence-corrected chi connectivity index (χ2v) is 5.58. The average Bonchev–Trinajstić information content (AvgIpc) is 2.84. The fourth-order valence-electron chi connectivity index (χ4n) is 3.02. The zero-order valence-corrected chi connectivity index (χ0v) is 12.0. The Balaban J connectivity index is 1.90. The van der Waals surface area contributed by atoms with Gasteiger partial charge in [0, 0.05) is 31.0 Å². The van der Waals surface area contributed by atoms with E-state index in [-0.39, 0.29) is 5.91 Å². The maximum Gasteiger partial charge on any atom is 0.308 e. The van der Waals surface area contributed by atoms with Crippen LogP contribution in [0.15, 0.2) is 30.3 Å². The number of benzene rings is 1. The Kier molecular flexibility index (Phi) is 3.41. The van der Waals surface area contributed by atoms with Crippen LogP contribution in [0.5, 0.6) is 0 Å². The van der Waals surface area contributed by atoms with Gasteiger partial charge >= 0.3 is 5.97 Å². The molecule has 1 aromatic carbocycles. The molecule has 1 aliphatic rings. The lowest BCUT2D eigenvalue weighted by atomic mass is 9.98. The largest absolute Gasteiger partial charge is 0.481 e. The average molecular weight is 286 g/mol. The third kappa shape index (κ3) is 2.39. The lowest BCUT2D eigenvalue weighted by molar-refractivity contribution is -0.143. The van der Waals surface area contributed by atoms with E-state index in [4.69, 9.17) is 5.11 Å². The van der Waals surface area contributed by atoms with E-state index < -0.39 is 11.9 Å². The monoisotopic (exact) mass is 286 g/mol. The van der Waals surface area contributed by atoms with Gasteiger partial charge in [-0.2, -0.15) is 0 Å². The molecule has 21 heavy (non-hydrogen) atoms. The summed E-state index contributed by atoms with van der Waals surface area (Å²) < 4.78 is 1.88. The summed E-state index contributed by atoms with van der Waals surface area (Å²) in [7, 11) is 1.87. The SMILES string of the molecule is Cn1c(C(=O)N2CCCC(C(=O)O)C2)cc2ccccc21. The lowest BCUT2D eigenvalue weighted by Crippen LogP contribution is -2.42. The van der Waals surface area contributed by atoms with Gasteiger partial charge in [0.2, 0.25) is 0 Å². The minimum absolute atomic E-state index is 0.0837. The number of amides is 1. The summed E-state index contributed by atoms with van der Waals surface area (Å²) in [5.74, 6) is -1.35. The van der Waals surface area contributed by atoms with Crippen molar-refractivity contribution < 1.29 is 14.7 Å². The molecule has 1 unspecified atom stereocenters. The van der Waals surface area contributed by atoms with E-state index in [1.807, 2.05) is 41.9 Å². The molecule has 110 valence electrons. The van der Waals surface area contributed by atoms with Crippen LogP contribution in [0, 0.1) is 5.92 Å². The molecule has 1 saturated heterocycles. The molecule has 1 aromatic heterocycles. The normalized spacial score (nSPS) is 18.9. The molecule has 5 nitrogen and oxygen atoms in total. The van der Waals surface area contributed by atoms with Gasteiger partial charge in [-0.15, -0.1) is 0 Å². The number of fused-ring (bicyclic) bond motifs is 1. The van der Waals surface area contributed by atoms with E-state index in [9.17, 15) is 9.59 Å². The molecule has 1 atom stereocenters. The lowest BCUT2D eigenvalue weighted by Gasteiger charge is -2.30. The summed E-state index contributed by atoms with van der Waals surface area (Å²) in [6.07, 6.45) is 1.39. The number of carbonyl (C=O) groups is 2. The molecular weight excluding hydrogens is 268 g/mol. The molecule has 1 amide bonds. The maximum absolute atomic E-state index is 12.7. The number of nitrogens with zero attached hydrogens (tertiary/aromatic N) is 2. The van der Waals surface area contributed by atoms with Crippen LogP contribution in [-0.2, 0) is 11.8 Å². The summed E-state index contributed by atoms with van der Waals surface area (Å²) in [5.41, 5.74) is 1.62. The van der Waals surface area contributed by atoms with E-state index >= 15 is 0 Å². The Morgan fingerprint density at radius 3 is 2.76 bits per heavy atom. The highest BCUT2D eigenvalue weighted by atomic mass is 16.4. The van der Waals surface area contributed by atoms with Crippen molar-refractivity contribution in [1.29, 1.82) is 0 Å². The molecule has 1 aliphatic heterocycles. The van der Waals surface area contributed by atoms with Crippen molar-refractivity contribution in [2.45, 2.75) is 12.8 Å². The van der Waals surface area contributed by atoms with Crippen LogP contribution in [-0.4, -0.2) is 39.5 Å².